The van der Waals surface area contributed by atoms with Gasteiger partial charge < -0.3 is 4.74 Å². The van der Waals surface area contributed by atoms with E-state index in [0.717, 1.165) is 5.56 Å². The molecule has 0 atom stereocenters. The summed E-state index contributed by atoms with van der Waals surface area (Å²) in [6.45, 7) is 4.99. The number of carbonyl (C=O) groups is 1. The van der Waals surface area contributed by atoms with Crippen molar-refractivity contribution in [3.63, 3.8) is 0 Å². The Balaban J connectivity index is 0.000000225. The minimum Gasteiger partial charge on any atom is -0.427 e. The molecule has 0 radical (unpaired) electrons. The van der Waals surface area contributed by atoms with Gasteiger partial charge in [-0.15, -0.1) is 0 Å². The molecular weight excluding hydrogens is 224 g/mol. The number of ether oxygens (including phenoxy) is 1. The third kappa shape index (κ3) is 5.66. The molecular formula is C16H16O2. The monoisotopic (exact) mass is 240 g/mol. The summed E-state index contributed by atoms with van der Waals surface area (Å²) in [5.41, 5.74) is 1.01. The maximum Gasteiger partial charge on any atom is 0.308 e. The first-order chi connectivity index (χ1) is 8.72. The van der Waals surface area contributed by atoms with Crippen molar-refractivity contribution in [3.05, 3.63) is 72.8 Å². The van der Waals surface area contributed by atoms with Crippen molar-refractivity contribution < 1.29 is 9.53 Å². The molecule has 0 spiro atoms. The topological polar surface area (TPSA) is 26.3 Å². The van der Waals surface area contributed by atoms with Crippen molar-refractivity contribution >= 4 is 12.0 Å². The van der Waals surface area contributed by atoms with Crippen molar-refractivity contribution in [3.8, 4) is 5.75 Å². The fraction of sp³-hybridized carbons (Fsp3) is 0.0625. The molecule has 0 aliphatic rings. The molecule has 18 heavy (non-hydrogen) atoms. The van der Waals surface area contributed by atoms with Gasteiger partial charge in [-0.2, -0.15) is 0 Å². The Morgan fingerprint density at radius 3 is 1.78 bits per heavy atom. The summed E-state index contributed by atoms with van der Waals surface area (Å²) in [6.07, 6.45) is 1.73. The van der Waals surface area contributed by atoms with Crippen molar-refractivity contribution in [2.75, 3.05) is 0 Å². The van der Waals surface area contributed by atoms with Crippen molar-refractivity contribution in [2.45, 2.75) is 6.92 Å². The molecule has 92 valence electrons. The van der Waals surface area contributed by atoms with Crippen LogP contribution in [-0.2, 0) is 4.79 Å². The molecule has 0 amide bonds. The zero-order valence-electron chi connectivity index (χ0n) is 10.4. The summed E-state index contributed by atoms with van der Waals surface area (Å²) < 4.78 is 4.84. The second-order valence-corrected chi connectivity index (χ2v) is 3.52. The highest BCUT2D eigenvalue weighted by Gasteiger charge is 1.95. The third-order valence-corrected chi connectivity index (χ3v) is 2.04. The molecule has 2 rings (SSSR count). The predicted octanol–water partition coefficient (Wildman–Crippen LogP) is 3.94. The maximum absolute atomic E-state index is 10.5. The molecule has 0 aliphatic carbocycles. The summed E-state index contributed by atoms with van der Waals surface area (Å²) >= 11 is 0. The Hall–Kier alpha value is -2.35. The highest BCUT2D eigenvalue weighted by Crippen LogP contribution is 2.12. The van der Waals surface area contributed by atoms with E-state index < -0.39 is 0 Å². The molecule has 2 heteroatoms. The van der Waals surface area contributed by atoms with Crippen LogP contribution in [0.5, 0.6) is 5.75 Å². The number of benzene rings is 2. The number of hydrogen-bond donors (Lipinski definition) is 0. The molecule has 2 aromatic rings. The highest BCUT2D eigenvalue weighted by atomic mass is 16.5. The van der Waals surface area contributed by atoms with Crippen LogP contribution in [-0.4, -0.2) is 5.97 Å². The second kappa shape index (κ2) is 7.85. The molecule has 0 bridgehead atoms. The Bertz CT molecular complexity index is 446. The van der Waals surface area contributed by atoms with Crippen LogP contribution in [0, 0.1) is 0 Å². The van der Waals surface area contributed by atoms with Crippen LogP contribution >= 0.6 is 0 Å². The summed E-state index contributed by atoms with van der Waals surface area (Å²) in [4.78, 5) is 10.5. The van der Waals surface area contributed by atoms with Gasteiger partial charge in [0.1, 0.15) is 5.75 Å². The lowest BCUT2D eigenvalue weighted by Crippen LogP contribution is -2.00. The lowest BCUT2D eigenvalue weighted by Gasteiger charge is -1.99. The lowest BCUT2D eigenvalue weighted by molar-refractivity contribution is -0.131. The first-order valence-corrected chi connectivity index (χ1v) is 5.63. The van der Waals surface area contributed by atoms with Crippen LogP contribution < -0.4 is 4.74 Å². The predicted molar refractivity (Wildman–Crippen MR) is 74.3 cm³/mol. The normalized spacial score (nSPS) is 8.72. The SMILES string of the molecule is C=Cc1ccc(OC(C)=O)cc1.c1ccccc1. The van der Waals surface area contributed by atoms with Gasteiger partial charge in [-0.05, 0) is 17.7 Å². The molecule has 2 aromatic carbocycles. The average molecular weight is 240 g/mol. The molecule has 0 unspecified atom stereocenters. The molecule has 2 nitrogen and oxygen atoms in total. The molecule has 0 aliphatic heterocycles. The van der Waals surface area contributed by atoms with Crippen LogP contribution in [0.15, 0.2) is 67.2 Å². The van der Waals surface area contributed by atoms with E-state index in [-0.39, 0.29) is 5.97 Å². The van der Waals surface area contributed by atoms with Crippen molar-refractivity contribution in [1.29, 1.82) is 0 Å². The summed E-state index contributed by atoms with van der Waals surface area (Å²) in [5.74, 6) is 0.259. The summed E-state index contributed by atoms with van der Waals surface area (Å²) in [7, 11) is 0. The smallest absolute Gasteiger partial charge is 0.308 e. The number of hydrogen-bond acceptors (Lipinski definition) is 2. The molecule has 0 heterocycles. The average Bonchev–Trinajstić information content (AvgIpc) is 2.42. The van der Waals surface area contributed by atoms with Gasteiger partial charge in [-0.25, -0.2) is 0 Å². The van der Waals surface area contributed by atoms with Crippen LogP contribution in [0.3, 0.4) is 0 Å². The number of rotatable bonds is 2. The van der Waals surface area contributed by atoms with Gasteiger partial charge in [0.15, 0.2) is 0 Å². The Labute approximate surface area is 108 Å². The zero-order valence-corrected chi connectivity index (χ0v) is 10.4. The first-order valence-electron chi connectivity index (χ1n) is 5.63. The van der Waals surface area contributed by atoms with E-state index in [1.54, 1.807) is 18.2 Å². The van der Waals surface area contributed by atoms with Gasteiger partial charge in [0, 0.05) is 6.92 Å². The van der Waals surface area contributed by atoms with Crippen LogP contribution in [0.2, 0.25) is 0 Å². The molecule has 0 aromatic heterocycles. The first kappa shape index (κ1) is 13.7. The largest absolute Gasteiger partial charge is 0.427 e. The van der Waals surface area contributed by atoms with Crippen molar-refractivity contribution in [2.24, 2.45) is 0 Å². The standard InChI is InChI=1S/C10H10O2.C6H6/c1-3-9-4-6-10(7-5-9)12-8(2)11;1-2-4-6-5-3-1/h3-7H,1H2,2H3;1-6H. The van der Waals surface area contributed by atoms with E-state index in [9.17, 15) is 4.79 Å². The zero-order chi connectivity index (χ0) is 13.2. The van der Waals surface area contributed by atoms with E-state index in [2.05, 4.69) is 6.58 Å². The van der Waals surface area contributed by atoms with Gasteiger partial charge in [0.2, 0.25) is 0 Å². The Morgan fingerprint density at radius 1 is 1.00 bits per heavy atom. The fourth-order valence-electron chi connectivity index (χ4n) is 1.22. The van der Waals surface area contributed by atoms with Gasteiger partial charge in [-0.3, -0.25) is 4.79 Å². The van der Waals surface area contributed by atoms with Crippen LogP contribution in [0.1, 0.15) is 12.5 Å². The van der Waals surface area contributed by atoms with Gasteiger partial charge >= 0.3 is 5.97 Å². The third-order valence-electron chi connectivity index (χ3n) is 2.04. The van der Waals surface area contributed by atoms with Crippen LogP contribution in [0.4, 0.5) is 0 Å². The van der Waals surface area contributed by atoms with E-state index in [1.807, 2.05) is 48.5 Å². The minimum atomic E-state index is -0.304. The van der Waals surface area contributed by atoms with E-state index >= 15 is 0 Å². The van der Waals surface area contributed by atoms with Gasteiger partial charge in [0.05, 0.1) is 0 Å². The Kier molecular flexibility index (Phi) is 5.98. The summed E-state index contributed by atoms with van der Waals surface area (Å²) in [5, 5.41) is 0. The number of esters is 1. The maximum atomic E-state index is 10.5. The lowest BCUT2D eigenvalue weighted by atomic mass is 10.2. The summed E-state index contributed by atoms with van der Waals surface area (Å²) in [6, 6.07) is 19.1. The van der Waals surface area contributed by atoms with Crippen molar-refractivity contribution in [1.82, 2.24) is 0 Å². The van der Waals surface area contributed by atoms with E-state index in [1.165, 1.54) is 6.92 Å². The molecule has 0 saturated heterocycles. The molecule has 0 saturated carbocycles. The number of carbonyl (C=O) groups excluding carboxylic acids is 1. The van der Waals surface area contributed by atoms with E-state index in [4.69, 9.17) is 4.74 Å². The minimum absolute atomic E-state index is 0.304. The van der Waals surface area contributed by atoms with Gasteiger partial charge in [0.25, 0.3) is 0 Å². The van der Waals surface area contributed by atoms with Gasteiger partial charge in [-0.1, -0.05) is 61.2 Å². The quantitative estimate of drug-likeness (QED) is 0.587. The molecule has 0 N–H and O–H groups in total. The second-order valence-electron chi connectivity index (χ2n) is 3.52. The fourth-order valence-corrected chi connectivity index (χ4v) is 1.22. The van der Waals surface area contributed by atoms with E-state index in [0.29, 0.717) is 5.75 Å². The Morgan fingerprint density at radius 2 is 1.44 bits per heavy atom. The van der Waals surface area contributed by atoms with Crippen LogP contribution in [0.25, 0.3) is 6.08 Å². The molecule has 0 fully saturated rings. The highest BCUT2D eigenvalue weighted by molar-refractivity contribution is 5.69.